The number of fused-ring (bicyclic) bond motifs is 1. The van der Waals surface area contributed by atoms with Crippen LogP contribution in [0.25, 0.3) is 10.2 Å². The van der Waals surface area contributed by atoms with Crippen molar-refractivity contribution in [2.24, 2.45) is 0 Å². The van der Waals surface area contributed by atoms with Crippen LogP contribution in [0.3, 0.4) is 0 Å². The Morgan fingerprint density at radius 2 is 2.00 bits per heavy atom. The molecule has 3 rings (SSSR count). The summed E-state index contributed by atoms with van der Waals surface area (Å²) in [5.41, 5.74) is 0.669. The number of nitrogens with zero attached hydrogens (tertiary/aromatic N) is 2. The average Bonchev–Trinajstić information content (AvgIpc) is 3.03. The van der Waals surface area contributed by atoms with Gasteiger partial charge in [0.15, 0.2) is 0 Å². The smallest absolute Gasteiger partial charge is 0.251 e. The summed E-state index contributed by atoms with van der Waals surface area (Å²) >= 11 is 1.69. The van der Waals surface area contributed by atoms with Crippen LogP contribution in [0.2, 0.25) is 0 Å². The summed E-state index contributed by atoms with van der Waals surface area (Å²) in [6.07, 6.45) is 2.57. The Hall–Kier alpha value is -2.47. The number of hydrogen-bond acceptors (Lipinski definition) is 5. The van der Waals surface area contributed by atoms with E-state index in [0.29, 0.717) is 18.7 Å². The minimum atomic E-state index is -0.0657. The molecule has 0 unspecified atom stereocenters. The van der Waals surface area contributed by atoms with Gasteiger partial charge in [0.2, 0.25) is 0 Å². The summed E-state index contributed by atoms with van der Waals surface area (Å²) < 4.78 is 0. The number of aromatic nitrogens is 2. The molecule has 118 valence electrons. The lowest BCUT2D eigenvalue weighted by Crippen LogP contribution is -2.28. The van der Waals surface area contributed by atoms with Crippen molar-refractivity contribution in [1.29, 1.82) is 0 Å². The minimum Gasteiger partial charge on any atom is -0.368 e. The first-order valence-corrected chi connectivity index (χ1v) is 8.40. The van der Waals surface area contributed by atoms with Gasteiger partial charge in [-0.25, -0.2) is 9.97 Å². The largest absolute Gasteiger partial charge is 0.368 e. The van der Waals surface area contributed by atoms with Gasteiger partial charge in [0.1, 0.15) is 17.0 Å². The second-order valence-electron chi connectivity index (χ2n) is 5.06. The van der Waals surface area contributed by atoms with Gasteiger partial charge in [0.05, 0.1) is 5.39 Å². The van der Waals surface area contributed by atoms with Crippen molar-refractivity contribution >= 4 is 33.3 Å². The Morgan fingerprint density at radius 3 is 2.78 bits per heavy atom. The molecule has 2 heterocycles. The minimum absolute atomic E-state index is 0.0657. The van der Waals surface area contributed by atoms with Gasteiger partial charge in [-0.15, -0.1) is 11.3 Å². The molecule has 0 aliphatic carbocycles. The SMILES string of the molecule is CCc1cc2c(NCCNC(=O)c3ccccc3)ncnc2s1. The number of hydrogen-bond donors (Lipinski definition) is 2. The molecule has 0 aliphatic heterocycles. The van der Waals surface area contributed by atoms with Crippen LogP contribution in [0.15, 0.2) is 42.7 Å². The van der Waals surface area contributed by atoms with E-state index < -0.39 is 0 Å². The fraction of sp³-hybridized carbons (Fsp3) is 0.235. The quantitative estimate of drug-likeness (QED) is 0.683. The predicted octanol–water partition coefficient (Wildman–Crippen LogP) is 3.10. The number of anilines is 1. The molecule has 5 nitrogen and oxygen atoms in total. The Balaban J connectivity index is 1.57. The summed E-state index contributed by atoms with van der Waals surface area (Å²) in [5.74, 6) is 0.754. The molecule has 1 amide bonds. The molecule has 0 aliphatic rings. The fourth-order valence-electron chi connectivity index (χ4n) is 2.27. The molecule has 0 bridgehead atoms. The van der Waals surface area contributed by atoms with E-state index in [1.807, 2.05) is 18.2 Å². The van der Waals surface area contributed by atoms with Crippen LogP contribution in [0, 0.1) is 0 Å². The summed E-state index contributed by atoms with van der Waals surface area (Å²) in [5, 5.41) is 7.21. The summed E-state index contributed by atoms with van der Waals surface area (Å²) in [6.45, 7) is 3.27. The molecule has 1 aromatic carbocycles. The molecule has 0 atom stereocenters. The number of aryl methyl sites for hydroxylation is 1. The Kier molecular flexibility index (Phi) is 4.83. The van der Waals surface area contributed by atoms with Gasteiger partial charge in [0.25, 0.3) is 5.91 Å². The van der Waals surface area contributed by atoms with Crippen molar-refractivity contribution in [3.8, 4) is 0 Å². The number of benzene rings is 1. The molecule has 23 heavy (non-hydrogen) atoms. The van der Waals surface area contributed by atoms with E-state index in [0.717, 1.165) is 22.5 Å². The highest BCUT2D eigenvalue weighted by atomic mass is 32.1. The molecule has 0 fully saturated rings. The number of thiophene rings is 1. The lowest BCUT2D eigenvalue weighted by molar-refractivity contribution is 0.0955. The van der Waals surface area contributed by atoms with Crippen LogP contribution in [-0.2, 0) is 6.42 Å². The standard InChI is InChI=1S/C17H18N4OS/c1-2-13-10-14-15(20-11-21-17(14)23-13)18-8-9-19-16(22)12-6-4-3-5-7-12/h3-7,10-11H,2,8-9H2,1H3,(H,19,22)(H,18,20,21). The van der Waals surface area contributed by atoms with Crippen LogP contribution < -0.4 is 10.6 Å². The zero-order valence-corrected chi connectivity index (χ0v) is 13.7. The second-order valence-corrected chi connectivity index (χ2v) is 6.17. The van der Waals surface area contributed by atoms with Gasteiger partial charge in [-0.1, -0.05) is 25.1 Å². The molecular weight excluding hydrogens is 308 g/mol. The van der Waals surface area contributed by atoms with Crippen molar-refractivity contribution < 1.29 is 4.79 Å². The highest BCUT2D eigenvalue weighted by Crippen LogP contribution is 2.28. The van der Waals surface area contributed by atoms with Crippen molar-refractivity contribution in [1.82, 2.24) is 15.3 Å². The van der Waals surface area contributed by atoms with E-state index in [1.54, 1.807) is 29.8 Å². The number of carbonyl (C=O) groups excluding carboxylic acids is 1. The molecule has 0 saturated carbocycles. The van der Waals surface area contributed by atoms with Crippen LogP contribution in [-0.4, -0.2) is 29.0 Å². The first kappa shape index (κ1) is 15.4. The van der Waals surface area contributed by atoms with Crippen molar-refractivity contribution in [3.05, 3.63) is 53.2 Å². The van der Waals surface area contributed by atoms with Crippen LogP contribution >= 0.6 is 11.3 Å². The highest BCUT2D eigenvalue weighted by Gasteiger charge is 2.08. The van der Waals surface area contributed by atoms with Crippen LogP contribution in [0.4, 0.5) is 5.82 Å². The zero-order valence-electron chi connectivity index (χ0n) is 12.9. The third-order valence-electron chi connectivity index (χ3n) is 3.47. The Bertz CT molecular complexity index is 801. The molecule has 0 spiro atoms. The maximum absolute atomic E-state index is 11.9. The fourth-order valence-corrected chi connectivity index (χ4v) is 3.20. The second kappa shape index (κ2) is 7.19. The van der Waals surface area contributed by atoms with Crippen molar-refractivity contribution in [2.45, 2.75) is 13.3 Å². The number of rotatable bonds is 6. The van der Waals surface area contributed by atoms with E-state index >= 15 is 0 Å². The maximum atomic E-state index is 11.9. The Morgan fingerprint density at radius 1 is 1.17 bits per heavy atom. The third-order valence-corrected chi connectivity index (χ3v) is 4.66. The van der Waals surface area contributed by atoms with E-state index in [1.165, 1.54) is 4.88 Å². The normalized spacial score (nSPS) is 10.7. The van der Waals surface area contributed by atoms with Crippen LogP contribution in [0.1, 0.15) is 22.2 Å². The Labute approximate surface area is 138 Å². The molecular formula is C17H18N4OS. The van der Waals surface area contributed by atoms with Crippen LogP contribution in [0.5, 0.6) is 0 Å². The lowest BCUT2D eigenvalue weighted by Gasteiger charge is -2.08. The first-order valence-electron chi connectivity index (χ1n) is 7.58. The summed E-state index contributed by atoms with van der Waals surface area (Å²) in [4.78, 5) is 22.8. The molecule has 0 radical (unpaired) electrons. The van der Waals surface area contributed by atoms with Gasteiger partial charge in [-0.2, -0.15) is 0 Å². The highest BCUT2D eigenvalue weighted by molar-refractivity contribution is 7.18. The van der Waals surface area contributed by atoms with E-state index in [4.69, 9.17) is 0 Å². The molecule has 6 heteroatoms. The predicted molar refractivity (Wildman–Crippen MR) is 94.1 cm³/mol. The number of carbonyl (C=O) groups is 1. The van der Waals surface area contributed by atoms with Gasteiger partial charge >= 0.3 is 0 Å². The maximum Gasteiger partial charge on any atom is 0.251 e. The lowest BCUT2D eigenvalue weighted by atomic mass is 10.2. The number of amides is 1. The topological polar surface area (TPSA) is 66.9 Å². The van der Waals surface area contributed by atoms with E-state index in [9.17, 15) is 4.79 Å². The summed E-state index contributed by atoms with van der Waals surface area (Å²) in [7, 11) is 0. The van der Waals surface area contributed by atoms with Gasteiger partial charge in [0, 0.05) is 23.5 Å². The van der Waals surface area contributed by atoms with Gasteiger partial charge < -0.3 is 10.6 Å². The molecule has 2 aromatic heterocycles. The number of nitrogens with one attached hydrogen (secondary N) is 2. The monoisotopic (exact) mass is 326 g/mol. The first-order chi connectivity index (χ1) is 11.3. The van der Waals surface area contributed by atoms with E-state index in [-0.39, 0.29) is 5.91 Å². The third kappa shape index (κ3) is 3.65. The zero-order chi connectivity index (χ0) is 16.1. The molecule has 3 aromatic rings. The van der Waals surface area contributed by atoms with Gasteiger partial charge in [-0.3, -0.25) is 4.79 Å². The van der Waals surface area contributed by atoms with Crippen molar-refractivity contribution in [3.63, 3.8) is 0 Å². The van der Waals surface area contributed by atoms with Crippen molar-refractivity contribution in [2.75, 3.05) is 18.4 Å². The molecule has 2 N–H and O–H groups in total. The summed E-state index contributed by atoms with van der Waals surface area (Å²) in [6, 6.07) is 11.3. The average molecular weight is 326 g/mol. The molecule has 0 saturated heterocycles. The van der Waals surface area contributed by atoms with E-state index in [2.05, 4.69) is 33.6 Å². The van der Waals surface area contributed by atoms with Gasteiger partial charge in [-0.05, 0) is 24.6 Å².